The Labute approximate surface area is 166 Å². The molecule has 1 atom stereocenters. The van der Waals surface area contributed by atoms with E-state index in [1.807, 2.05) is 0 Å². The molecule has 1 aromatic heterocycles. The molecule has 0 saturated heterocycles. The molecule has 3 aromatic rings. The van der Waals surface area contributed by atoms with Crippen molar-refractivity contribution in [2.45, 2.75) is 26.4 Å². The maximum atomic E-state index is 12.5. The highest BCUT2D eigenvalue weighted by molar-refractivity contribution is 5.99. The highest BCUT2D eigenvalue weighted by atomic mass is 16.5. The third-order valence-electron chi connectivity index (χ3n) is 4.14. The van der Waals surface area contributed by atoms with E-state index in [-0.39, 0.29) is 12.2 Å². The lowest BCUT2D eigenvalue weighted by Crippen LogP contribution is -2.32. The van der Waals surface area contributed by atoms with Gasteiger partial charge in [0.05, 0.1) is 17.7 Å². The number of hydrogen-bond donors (Lipinski definition) is 1. The largest absolute Gasteiger partial charge is 0.462 e. The fraction of sp³-hybridized carbons (Fsp3) is 0.238. The van der Waals surface area contributed by atoms with Gasteiger partial charge in [-0.3, -0.25) is 4.79 Å². The minimum absolute atomic E-state index is 0.274. The molecule has 150 valence electrons. The average Bonchev–Trinajstić information content (AvgIpc) is 3.20. The molecule has 1 unspecified atom stereocenters. The highest BCUT2D eigenvalue weighted by Crippen LogP contribution is 2.17. The van der Waals surface area contributed by atoms with E-state index < -0.39 is 23.9 Å². The first kappa shape index (κ1) is 20.1. The van der Waals surface area contributed by atoms with Crippen molar-refractivity contribution in [3.05, 3.63) is 60.0 Å². The second-order valence-corrected chi connectivity index (χ2v) is 6.12. The number of ether oxygens (including phenoxy) is 2. The fourth-order valence-corrected chi connectivity index (χ4v) is 2.63. The van der Waals surface area contributed by atoms with Crippen LogP contribution < -0.4 is 5.32 Å². The number of fused-ring (bicyclic) bond motifs is 1. The van der Waals surface area contributed by atoms with Gasteiger partial charge in [0.25, 0.3) is 5.91 Å². The van der Waals surface area contributed by atoms with E-state index >= 15 is 0 Å². The lowest BCUT2D eigenvalue weighted by molar-refractivity contribution is -0.124. The molecular formula is C21H20N2O6. The van der Waals surface area contributed by atoms with Crippen LogP contribution in [0.25, 0.3) is 11.1 Å². The van der Waals surface area contributed by atoms with Crippen LogP contribution in [0.15, 0.2) is 53.3 Å². The molecule has 1 amide bonds. The number of esters is 2. The summed E-state index contributed by atoms with van der Waals surface area (Å²) in [6, 6.07) is 11.0. The summed E-state index contributed by atoms with van der Waals surface area (Å²) in [5, 5.41) is 2.68. The van der Waals surface area contributed by atoms with Gasteiger partial charge in [-0.2, -0.15) is 0 Å². The normalized spacial score (nSPS) is 11.7. The van der Waals surface area contributed by atoms with Gasteiger partial charge in [-0.05, 0) is 55.8 Å². The van der Waals surface area contributed by atoms with E-state index in [4.69, 9.17) is 13.9 Å². The molecule has 0 fully saturated rings. The number of nitrogens with one attached hydrogen (secondary N) is 1. The summed E-state index contributed by atoms with van der Waals surface area (Å²) in [5.41, 5.74) is 2.21. The van der Waals surface area contributed by atoms with Crippen LogP contribution in [0.2, 0.25) is 0 Å². The molecule has 0 spiro atoms. The van der Waals surface area contributed by atoms with Crippen molar-refractivity contribution in [3.8, 4) is 0 Å². The van der Waals surface area contributed by atoms with Crippen LogP contribution in [0.4, 0.5) is 5.69 Å². The third-order valence-corrected chi connectivity index (χ3v) is 4.14. The van der Waals surface area contributed by atoms with Crippen LogP contribution >= 0.6 is 0 Å². The molecule has 0 aliphatic carbocycles. The molecule has 0 aliphatic heterocycles. The van der Waals surface area contributed by atoms with Crippen LogP contribution in [0, 0.1) is 0 Å². The molecule has 0 radical (unpaired) electrons. The Morgan fingerprint density at radius 1 is 1.03 bits per heavy atom. The Balaban J connectivity index is 1.63. The van der Waals surface area contributed by atoms with E-state index in [0.717, 1.165) is 0 Å². The molecule has 3 rings (SSSR count). The van der Waals surface area contributed by atoms with Gasteiger partial charge >= 0.3 is 11.9 Å². The maximum absolute atomic E-state index is 12.5. The van der Waals surface area contributed by atoms with E-state index in [2.05, 4.69) is 10.3 Å². The van der Waals surface area contributed by atoms with Crippen molar-refractivity contribution >= 4 is 34.6 Å². The molecule has 0 aliphatic rings. The first-order valence-corrected chi connectivity index (χ1v) is 9.14. The zero-order valence-corrected chi connectivity index (χ0v) is 16.0. The van der Waals surface area contributed by atoms with Crippen molar-refractivity contribution in [1.82, 2.24) is 4.98 Å². The van der Waals surface area contributed by atoms with Crippen molar-refractivity contribution in [1.29, 1.82) is 0 Å². The molecule has 1 heterocycles. The van der Waals surface area contributed by atoms with Crippen LogP contribution in [-0.2, 0) is 14.3 Å². The van der Waals surface area contributed by atoms with Gasteiger partial charge in [0, 0.05) is 5.69 Å². The summed E-state index contributed by atoms with van der Waals surface area (Å²) in [5.74, 6) is -1.53. The maximum Gasteiger partial charge on any atom is 0.338 e. The Hall–Kier alpha value is -3.68. The smallest absolute Gasteiger partial charge is 0.338 e. The number of benzene rings is 2. The SMILES string of the molecule is CCOC(=O)c1ccc(NC(=O)C(CC)OC(=O)c2ccc3ocnc3c2)cc1. The van der Waals surface area contributed by atoms with Crippen LogP contribution in [-0.4, -0.2) is 35.5 Å². The van der Waals surface area contributed by atoms with Gasteiger partial charge in [-0.1, -0.05) is 6.92 Å². The van der Waals surface area contributed by atoms with Gasteiger partial charge in [0.15, 0.2) is 18.1 Å². The van der Waals surface area contributed by atoms with Gasteiger partial charge in [0.1, 0.15) is 5.52 Å². The van der Waals surface area contributed by atoms with Gasteiger partial charge < -0.3 is 19.2 Å². The number of aromatic nitrogens is 1. The van der Waals surface area contributed by atoms with Crippen LogP contribution in [0.5, 0.6) is 0 Å². The molecule has 29 heavy (non-hydrogen) atoms. The highest BCUT2D eigenvalue weighted by Gasteiger charge is 2.22. The van der Waals surface area contributed by atoms with Crippen molar-refractivity contribution in [2.75, 3.05) is 11.9 Å². The predicted molar refractivity (Wildman–Crippen MR) is 105 cm³/mol. The number of carbonyl (C=O) groups excluding carboxylic acids is 3. The average molecular weight is 396 g/mol. The van der Waals surface area contributed by atoms with Gasteiger partial charge in [-0.25, -0.2) is 14.6 Å². The fourth-order valence-electron chi connectivity index (χ4n) is 2.63. The number of oxazole rings is 1. The topological polar surface area (TPSA) is 108 Å². The summed E-state index contributed by atoms with van der Waals surface area (Å²) < 4.78 is 15.4. The van der Waals surface area contributed by atoms with Crippen LogP contribution in [0.1, 0.15) is 41.0 Å². The number of nitrogens with zero attached hydrogens (tertiary/aromatic N) is 1. The molecule has 8 nitrogen and oxygen atoms in total. The first-order valence-electron chi connectivity index (χ1n) is 9.14. The van der Waals surface area contributed by atoms with Gasteiger partial charge in [0.2, 0.25) is 0 Å². The standard InChI is InChI=1S/C21H20N2O6/c1-3-17(29-21(26)14-7-10-18-16(11-14)22-12-28-18)19(24)23-15-8-5-13(6-9-15)20(25)27-4-2/h5-12,17H,3-4H2,1-2H3,(H,23,24). The number of rotatable bonds is 7. The van der Waals surface area contributed by atoms with Crippen LogP contribution in [0.3, 0.4) is 0 Å². The third kappa shape index (κ3) is 4.78. The summed E-state index contributed by atoms with van der Waals surface area (Å²) in [7, 11) is 0. The van der Waals surface area contributed by atoms with Crippen molar-refractivity contribution < 1.29 is 28.3 Å². The number of anilines is 1. The Morgan fingerprint density at radius 3 is 2.45 bits per heavy atom. The quantitative estimate of drug-likeness (QED) is 0.608. The second-order valence-electron chi connectivity index (χ2n) is 6.12. The van der Waals surface area contributed by atoms with E-state index in [1.54, 1.807) is 56.3 Å². The van der Waals surface area contributed by atoms with Gasteiger partial charge in [-0.15, -0.1) is 0 Å². The number of carbonyl (C=O) groups is 3. The Bertz CT molecular complexity index is 1030. The number of amides is 1. The lowest BCUT2D eigenvalue weighted by Gasteiger charge is -2.16. The molecule has 0 bridgehead atoms. The molecule has 0 saturated carbocycles. The summed E-state index contributed by atoms with van der Waals surface area (Å²) in [4.78, 5) is 40.6. The van der Waals surface area contributed by atoms with E-state index in [0.29, 0.717) is 28.8 Å². The predicted octanol–water partition coefficient (Wildman–Crippen LogP) is 3.58. The van der Waals surface area contributed by atoms with E-state index in [1.165, 1.54) is 6.39 Å². The minimum Gasteiger partial charge on any atom is -0.462 e. The monoisotopic (exact) mass is 396 g/mol. The van der Waals surface area contributed by atoms with E-state index in [9.17, 15) is 14.4 Å². The Morgan fingerprint density at radius 2 is 1.76 bits per heavy atom. The second kappa shape index (κ2) is 9.01. The van der Waals surface area contributed by atoms with Crippen molar-refractivity contribution in [2.24, 2.45) is 0 Å². The van der Waals surface area contributed by atoms with Crippen molar-refractivity contribution in [3.63, 3.8) is 0 Å². The lowest BCUT2D eigenvalue weighted by atomic mass is 10.2. The molecular weight excluding hydrogens is 376 g/mol. The number of hydrogen-bond acceptors (Lipinski definition) is 7. The summed E-state index contributed by atoms with van der Waals surface area (Å²) in [6.45, 7) is 3.75. The summed E-state index contributed by atoms with van der Waals surface area (Å²) in [6.07, 6.45) is 0.611. The molecule has 8 heteroatoms. The molecule has 1 N–H and O–H groups in total. The minimum atomic E-state index is -0.972. The Kier molecular flexibility index (Phi) is 6.23. The first-order chi connectivity index (χ1) is 14.0. The molecule has 2 aromatic carbocycles. The zero-order valence-electron chi connectivity index (χ0n) is 16.0. The zero-order chi connectivity index (χ0) is 20.8. The summed E-state index contributed by atoms with van der Waals surface area (Å²) >= 11 is 0.